The summed E-state index contributed by atoms with van der Waals surface area (Å²) in [5, 5.41) is 9.28. The van der Waals surface area contributed by atoms with Crippen molar-refractivity contribution in [3.63, 3.8) is 0 Å². The van der Waals surface area contributed by atoms with Gasteiger partial charge in [-0.2, -0.15) is 0 Å². The van der Waals surface area contributed by atoms with E-state index in [0.717, 1.165) is 29.4 Å². The SMILES string of the molecule is CCNC(=O)COc1cccc(CN=C(NCC)NCc2ccc(OC)cc2)c1.I. The largest absolute Gasteiger partial charge is 0.497 e. The van der Waals surface area contributed by atoms with Crippen LogP contribution in [0, 0.1) is 0 Å². The second-order valence-corrected chi connectivity index (χ2v) is 6.29. The lowest BCUT2D eigenvalue weighted by atomic mass is 10.2. The maximum Gasteiger partial charge on any atom is 0.257 e. The lowest BCUT2D eigenvalue weighted by Gasteiger charge is -2.12. The number of benzene rings is 2. The highest BCUT2D eigenvalue weighted by molar-refractivity contribution is 14.0. The van der Waals surface area contributed by atoms with E-state index in [1.165, 1.54) is 0 Å². The van der Waals surface area contributed by atoms with Gasteiger partial charge >= 0.3 is 0 Å². The first-order chi connectivity index (χ1) is 14.1. The number of aliphatic imine (C=N–C) groups is 1. The Kier molecular flexibility index (Phi) is 12.3. The Balaban J connectivity index is 0.00000450. The lowest BCUT2D eigenvalue weighted by Crippen LogP contribution is -2.36. The number of halogens is 1. The smallest absolute Gasteiger partial charge is 0.257 e. The van der Waals surface area contributed by atoms with Crippen molar-refractivity contribution in [3.8, 4) is 11.5 Å². The van der Waals surface area contributed by atoms with E-state index in [1.807, 2.05) is 62.4 Å². The fourth-order valence-electron chi connectivity index (χ4n) is 2.57. The highest BCUT2D eigenvalue weighted by atomic mass is 127. The van der Waals surface area contributed by atoms with Crippen molar-refractivity contribution < 1.29 is 14.3 Å². The maximum absolute atomic E-state index is 11.5. The minimum Gasteiger partial charge on any atom is -0.497 e. The number of rotatable bonds is 10. The van der Waals surface area contributed by atoms with Gasteiger partial charge in [0.2, 0.25) is 0 Å². The van der Waals surface area contributed by atoms with Gasteiger partial charge in [-0.3, -0.25) is 4.79 Å². The van der Waals surface area contributed by atoms with Crippen molar-refractivity contribution in [1.29, 1.82) is 0 Å². The molecule has 0 unspecified atom stereocenters. The minimum absolute atomic E-state index is 0. The Labute approximate surface area is 195 Å². The summed E-state index contributed by atoms with van der Waals surface area (Å²) in [5.41, 5.74) is 2.14. The molecule has 0 aliphatic heterocycles. The first kappa shape index (κ1) is 25.5. The molecule has 0 aromatic heterocycles. The quantitative estimate of drug-likeness (QED) is 0.252. The Morgan fingerprint density at radius 1 is 0.933 bits per heavy atom. The van der Waals surface area contributed by atoms with Gasteiger partial charge in [-0.05, 0) is 49.2 Å². The molecule has 0 radical (unpaired) electrons. The molecular formula is C22H31IN4O3. The van der Waals surface area contributed by atoms with E-state index in [9.17, 15) is 4.79 Å². The molecule has 8 heteroatoms. The molecule has 0 bridgehead atoms. The second kappa shape index (κ2) is 14.5. The number of ether oxygens (including phenoxy) is 2. The number of nitrogens with one attached hydrogen (secondary N) is 3. The Morgan fingerprint density at radius 3 is 2.33 bits per heavy atom. The van der Waals surface area contributed by atoms with Crippen LogP contribution in [0.2, 0.25) is 0 Å². The van der Waals surface area contributed by atoms with Crippen LogP contribution in [-0.2, 0) is 17.9 Å². The first-order valence-corrected chi connectivity index (χ1v) is 9.78. The van der Waals surface area contributed by atoms with Crippen molar-refractivity contribution in [2.45, 2.75) is 26.9 Å². The zero-order valence-corrected chi connectivity index (χ0v) is 20.1. The number of carbonyl (C=O) groups is 1. The van der Waals surface area contributed by atoms with Gasteiger partial charge in [0.15, 0.2) is 12.6 Å². The van der Waals surface area contributed by atoms with E-state index in [4.69, 9.17) is 9.47 Å². The van der Waals surface area contributed by atoms with E-state index in [1.54, 1.807) is 7.11 Å². The lowest BCUT2D eigenvalue weighted by molar-refractivity contribution is -0.122. The normalized spacial score (nSPS) is 10.6. The van der Waals surface area contributed by atoms with Gasteiger partial charge in [0.25, 0.3) is 5.91 Å². The molecule has 0 atom stereocenters. The van der Waals surface area contributed by atoms with Gasteiger partial charge in [-0.25, -0.2) is 4.99 Å². The molecule has 2 rings (SSSR count). The van der Waals surface area contributed by atoms with Crippen LogP contribution >= 0.6 is 24.0 Å². The van der Waals surface area contributed by atoms with Gasteiger partial charge in [0.1, 0.15) is 11.5 Å². The highest BCUT2D eigenvalue weighted by Gasteiger charge is 2.03. The maximum atomic E-state index is 11.5. The third-order valence-corrected chi connectivity index (χ3v) is 4.03. The summed E-state index contributed by atoms with van der Waals surface area (Å²) >= 11 is 0. The Morgan fingerprint density at radius 2 is 1.67 bits per heavy atom. The average molecular weight is 526 g/mol. The molecule has 0 fully saturated rings. The molecule has 2 aromatic carbocycles. The van der Waals surface area contributed by atoms with Crippen molar-refractivity contribution in [2.24, 2.45) is 4.99 Å². The standard InChI is InChI=1S/C22H30N4O3.HI/c1-4-23-21(27)16-29-20-8-6-7-18(13-20)15-26-22(24-5-2)25-14-17-9-11-19(28-3)12-10-17;/h6-13H,4-5,14-16H2,1-3H3,(H,23,27)(H2,24,25,26);1H. The zero-order chi connectivity index (χ0) is 20.9. The molecule has 3 N–H and O–H groups in total. The molecule has 2 aromatic rings. The summed E-state index contributed by atoms with van der Waals surface area (Å²) in [5.74, 6) is 2.09. The van der Waals surface area contributed by atoms with E-state index >= 15 is 0 Å². The summed E-state index contributed by atoms with van der Waals surface area (Å²) in [7, 11) is 1.66. The molecule has 0 aliphatic carbocycles. The number of hydrogen-bond acceptors (Lipinski definition) is 4. The molecule has 30 heavy (non-hydrogen) atoms. The molecule has 0 heterocycles. The van der Waals surface area contributed by atoms with Gasteiger partial charge in [0.05, 0.1) is 13.7 Å². The van der Waals surface area contributed by atoms with Crippen molar-refractivity contribution in [2.75, 3.05) is 26.8 Å². The Bertz CT molecular complexity index is 797. The monoisotopic (exact) mass is 526 g/mol. The van der Waals surface area contributed by atoms with E-state index in [2.05, 4.69) is 20.9 Å². The van der Waals surface area contributed by atoms with Crippen molar-refractivity contribution in [3.05, 3.63) is 59.7 Å². The molecule has 0 saturated carbocycles. The number of nitrogens with zero attached hydrogens (tertiary/aromatic N) is 1. The number of likely N-dealkylation sites (N-methyl/N-ethyl adjacent to an activating group) is 1. The molecule has 0 saturated heterocycles. The minimum atomic E-state index is -0.131. The van der Waals surface area contributed by atoms with Crippen LogP contribution in [0.25, 0.3) is 0 Å². The summed E-state index contributed by atoms with van der Waals surface area (Å²) in [6.07, 6.45) is 0. The van der Waals surface area contributed by atoms with Crippen molar-refractivity contribution >= 4 is 35.8 Å². The van der Waals surface area contributed by atoms with Crippen LogP contribution in [0.3, 0.4) is 0 Å². The summed E-state index contributed by atoms with van der Waals surface area (Å²) in [6, 6.07) is 15.5. The van der Waals surface area contributed by atoms with Crippen LogP contribution in [0.1, 0.15) is 25.0 Å². The average Bonchev–Trinajstić information content (AvgIpc) is 2.75. The third-order valence-electron chi connectivity index (χ3n) is 4.03. The zero-order valence-electron chi connectivity index (χ0n) is 17.7. The number of methoxy groups -OCH3 is 1. The van der Waals surface area contributed by atoms with E-state index < -0.39 is 0 Å². The van der Waals surface area contributed by atoms with E-state index in [0.29, 0.717) is 25.4 Å². The fourth-order valence-corrected chi connectivity index (χ4v) is 2.57. The fraction of sp³-hybridized carbons (Fsp3) is 0.364. The second-order valence-electron chi connectivity index (χ2n) is 6.29. The van der Waals surface area contributed by atoms with Gasteiger partial charge < -0.3 is 25.4 Å². The summed E-state index contributed by atoms with van der Waals surface area (Å²) < 4.78 is 10.7. The van der Waals surface area contributed by atoms with E-state index in [-0.39, 0.29) is 36.5 Å². The molecule has 164 valence electrons. The van der Waals surface area contributed by atoms with Gasteiger partial charge in [-0.15, -0.1) is 24.0 Å². The topological polar surface area (TPSA) is 84.0 Å². The predicted molar refractivity (Wildman–Crippen MR) is 131 cm³/mol. The van der Waals surface area contributed by atoms with Crippen molar-refractivity contribution in [1.82, 2.24) is 16.0 Å². The number of amides is 1. The van der Waals surface area contributed by atoms with Crippen LogP contribution in [0.5, 0.6) is 11.5 Å². The van der Waals surface area contributed by atoms with Gasteiger partial charge in [-0.1, -0.05) is 24.3 Å². The van der Waals surface area contributed by atoms with Crippen LogP contribution in [0.4, 0.5) is 0 Å². The Hall–Kier alpha value is -2.49. The molecule has 7 nitrogen and oxygen atoms in total. The summed E-state index contributed by atoms with van der Waals surface area (Å²) in [4.78, 5) is 16.2. The van der Waals surface area contributed by atoms with Crippen LogP contribution < -0.4 is 25.4 Å². The summed E-state index contributed by atoms with van der Waals surface area (Å²) in [6.45, 7) is 6.42. The molecule has 0 spiro atoms. The van der Waals surface area contributed by atoms with Crippen LogP contribution in [0.15, 0.2) is 53.5 Å². The first-order valence-electron chi connectivity index (χ1n) is 9.78. The number of carbonyl (C=O) groups excluding carboxylic acids is 1. The van der Waals surface area contributed by atoms with Crippen LogP contribution in [-0.4, -0.2) is 38.7 Å². The highest BCUT2D eigenvalue weighted by Crippen LogP contribution is 2.14. The molecule has 1 amide bonds. The third kappa shape index (κ3) is 9.34. The number of guanidine groups is 1. The van der Waals surface area contributed by atoms with Gasteiger partial charge in [0, 0.05) is 19.6 Å². The number of hydrogen-bond donors (Lipinski definition) is 3. The molecule has 0 aliphatic rings. The molecular weight excluding hydrogens is 495 g/mol. The predicted octanol–water partition coefficient (Wildman–Crippen LogP) is 3.08.